The standard InChI is InChI=1S/C15H19F2N/c1-18-14(10-11-6-3-2-4-7-11)12-8-5-9-13(16)15(12)17/h5-6,8-9,14,18H,2-4,7,10H2,1H3. The molecule has 3 heteroatoms. The highest BCUT2D eigenvalue weighted by atomic mass is 19.2. The second-order valence-electron chi connectivity index (χ2n) is 4.80. The van der Waals surface area contributed by atoms with E-state index in [0.717, 1.165) is 25.3 Å². The number of halogens is 2. The highest BCUT2D eigenvalue weighted by molar-refractivity contribution is 5.24. The van der Waals surface area contributed by atoms with Crippen molar-refractivity contribution < 1.29 is 8.78 Å². The Kier molecular flexibility index (Phi) is 4.48. The third-order valence-corrected chi connectivity index (χ3v) is 3.56. The minimum absolute atomic E-state index is 0.148. The molecule has 2 rings (SSSR count). The molecule has 1 aromatic carbocycles. The van der Waals surface area contributed by atoms with Crippen molar-refractivity contribution in [3.63, 3.8) is 0 Å². The first-order chi connectivity index (χ1) is 8.72. The van der Waals surface area contributed by atoms with Crippen LogP contribution in [0.1, 0.15) is 43.7 Å². The average Bonchev–Trinajstić information content (AvgIpc) is 2.41. The lowest BCUT2D eigenvalue weighted by Gasteiger charge is -2.21. The first-order valence-corrected chi connectivity index (χ1v) is 6.51. The Morgan fingerprint density at radius 3 is 2.78 bits per heavy atom. The van der Waals surface area contributed by atoms with Gasteiger partial charge in [-0.1, -0.05) is 23.8 Å². The molecule has 1 nitrogen and oxygen atoms in total. The van der Waals surface area contributed by atoms with Crippen LogP contribution in [0.15, 0.2) is 29.8 Å². The molecule has 0 aliphatic heterocycles. The molecular weight excluding hydrogens is 232 g/mol. The largest absolute Gasteiger partial charge is 0.313 e. The molecule has 0 bridgehead atoms. The van der Waals surface area contributed by atoms with Gasteiger partial charge in [0.05, 0.1) is 0 Å². The van der Waals surface area contributed by atoms with Crippen molar-refractivity contribution in [1.29, 1.82) is 0 Å². The highest BCUT2D eigenvalue weighted by Gasteiger charge is 2.18. The SMILES string of the molecule is CNC(CC1=CCCCC1)c1cccc(F)c1F. The van der Waals surface area contributed by atoms with Crippen molar-refractivity contribution in [3.05, 3.63) is 47.0 Å². The van der Waals surface area contributed by atoms with Gasteiger partial charge in [0.2, 0.25) is 0 Å². The first kappa shape index (κ1) is 13.2. The number of nitrogens with one attached hydrogen (secondary N) is 1. The second-order valence-corrected chi connectivity index (χ2v) is 4.80. The summed E-state index contributed by atoms with van der Waals surface area (Å²) in [7, 11) is 1.79. The van der Waals surface area contributed by atoms with Crippen LogP contribution in [0.5, 0.6) is 0 Å². The summed E-state index contributed by atoms with van der Waals surface area (Å²) in [5, 5.41) is 3.09. The van der Waals surface area contributed by atoms with Crippen LogP contribution in [0.25, 0.3) is 0 Å². The molecule has 0 spiro atoms. The Hall–Kier alpha value is -1.22. The topological polar surface area (TPSA) is 12.0 Å². The van der Waals surface area contributed by atoms with E-state index in [0.29, 0.717) is 5.56 Å². The summed E-state index contributed by atoms with van der Waals surface area (Å²) in [5.74, 6) is -1.50. The molecule has 0 heterocycles. The van der Waals surface area contributed by atoms with Crippen molar-refractivity contribution in [2.75, 3.05) is 7.05 Å². The molecule has 1 aromatic rings. The molecule has 18 heavy (non-hydrogen) atoms. The maximum atomic E-state index is 13.8. The number of benzene rings is 1. The van der Waals surface area contributed by atoms with Gasteiger partial charge >= 0.3 is 0 Å². The van der Waals surface area contributed by atoms with Crippen molar-refractivity contribution in [2.45, 2.75) is 38.1 Å². The molecule has 0 saturated carbocycles. The molecule has 1 N–H and O–H groups in total. The summed E-state index contributed by atoms with van der Waals surface area (Å²) in [6, 6.07) is 4.23. The highest BCUT2D eigenvalue weighted by Crippen LogP contribution is 2.29. The van der Waals surface area contributed by atoms with Crippen molar-refractivity contribution in [2.24, 2.45) is 0 Å². The van der Waals surface area contributed by atoms with Gasteiger partial charge in [-0.3, -0.25) is 0 Å². The molecule has 0 saturated heterocycles. The smallest absolute Gasteiger partial charge is 0.163 e. The van der Waals surface area contributed by atoms with Gasteiger partial charge in [-0.25, -0.2) is 8.78 Å². The maximum Gasteiger partial charge on any atom is 0.163 e. The Labute approximate surface area is 107 Å². The molecule has 0 amide bonds. The fourth-order valence-corrected chi connectivity index (χ4v) is 2.51. The van der Waals surface area contributed by atoms with E-state index in [1.54, 1.807) is 19.2 Å². The number of rotatable bonds is 4. The summed E-state index contributed by atoms with van der Waals surface area (Å²) >= 11 is 0. The van der Waals surface area contributed by atoms with Crippen LogP contribution in [0.4, 0.5) is 8.78 Å². The van der Waals surface area contributed by atoms with Crippen LogP contribution >= 0.6 is 0 Å². The monoisotopic (exact) mass is 251 g/mol. The quantitative estimate of drug-likeness (QED) is 0.794. The van der Waals surface area contributed by atoms with E-state index in [1.807, 2.05) is 0 Å². The number of hydrogen-bond donors (Lipinski definition) is 1. The van der Waals surface area contributed by atoms with E-state index in [4.69, 9.17) is 0 Å². The van der Waals surface area contributed by atoms with Gasteiger partial charge in [0, 0.05) is 11.6 Å². The van der Waals surface area contributed by atoms with Gasteiger partial charge < -0.3 is 5.32 Å². The number of allylic oxidation sites excluding steroid dienone is 1. The summed E-state index contributed by atoms with van der Waals surface area (Å²) in [4.78, 5) is 0. The lowest BCUT2D eigenvalue weighted by molar-refractivity contribution is 0.469. The fraction of sp³-hybridized carbons (Fsp3) is 0.467. The van der Waals surface area contributed by atoms with Gasteiger partial charge in [0.15, 0.2) is 11.6 Å². The molecule has 0 radical (unpaired) electrons. The molecule has 1 unspecified atom stereocenters. The Morgan fingerprint density at radius 1 is 1.28 bits per heavy atom. The lowest BCUT2D eigenvalue weighted by atomic mass is 9.91. The Morgan fingerprint density at radius 2 is 2.11 bits per heavy atom. The second kappa shape index (κ2) is 6.10. The minimum Gasteiger partial charge on any atom is -0.313 e. The predicted octanol–water partition coefficient (Wildman–Crippen LogP) is 4.12. The van der Waals surface area contributed by atoms with Crippen molar-refractivity contribution >= 4 is 0 Å². The molecular formula is C15H19F2N. The van der Waals surface area contributed by atoms with E-state index in [1.165, 1.54) is 18.4 Å². The third-order valence-electron chi connectivity index (χ3n) is 3.56. The van der Waals surface area contributed by atoms with Gasteiger partial charge in [-0.05, 0) is 45.2 Å². The van der Waals surface area contributed by atoms with E-state index in [2.05, 4.69) is 11.4 Å². The molecule has 98 valence electrons. The average molecular weight is 251 g/mol. The molecule has 1 aliphatic carbocycles. The van der Waals surface area contributed by atoms with E-state index < -0.39 is 11.6 Å². The van der Waals surface area contributed by atoms with Gasteiger partial charge in [-0.15, -0.1) is 0 Å². The van der Waals surface area contributed by atoms with Gasteiger partial charge in [0.25, 0.3) is 0 Å². The van der Waals surface area contributed by atoms with Gasteiger partial charge in [0.1, 0.15) is 0 Å². The Balaban J connectivity index is 2.17. The lowest BCUT2D eigenvalue weighted by Crippen LogP contribution is -2.19. The normalized spacial score (nSPS) is 17.4. The van der Waals surface area contributed by atoms with Crippen molar-refractivity contribution in [1.82, 2.24) is 5.32 Å². The first-order valence-electron chi connectivity index (χ1n) is 6.51. The molecule has 1 aliphatic rings. The van der Waals surface area contributed by atoms with Crippen LogP contribution in [-0.4, -0.2) is 7.05 Å². The van der Waals surface area contributed by atoms with E-state index in [9.17, 15) is 8.78 Å². The summed E-state index contributed by atoms with van der Waals surface area (Å²) in [6.45, 7) is 0. The zero-order chi connectivity index (χ0) is 13.0. The predicted molar refractivity (Wildman–Crippen MR) is 69.3 cm³/mol. The molecule has 1 atom stereocenters. The minimum atomic E-state index is -0.773. The Bertz CT molecular complexity index is 440. The third kappa shape index (κ3) is 2.96. The summed E-state index contributed by atoms with van der Waals surface area (Å²) in [6.07, 6.45) is 7.63. The van der Waals surface area contributed by atoms with Crippen LogP contribution in [0.2, 0.25) is 0 Å². The fourth-order valence-electron chi connectivity index (χ4n) is 2.51. The molecule has 0 aromatic heterocycles. The molecule has 0 fully saturated rings. The van der Waals surface area contributed by atoms with Crippen molar-refractivity contribution in [3.8, 4) is 0 Å². The van der Waals surface area contributed by atoms with Crippen LogP contribution in [0, 0.1) is 11.6 Å². The van der Waals surface area contributed by atoms with Gasteiger partial charge in [-0.2, -0.15) is 0 Å². The van der Waals surface area contributed by atoms with Crippen LogP contribution in [0.3, 0.4) is 0 Å². The van der Waals surface area contributed by atoms with Crippen LogP contribution in [-0.2, 0) is 0 Å². The summed E-state index contributed by atoms with van der Waals surface area (Å²) in [5.41, 5.74) is 1.77. The zero-order valence-corrected chi connectivity index (χ0v) is 10.7. The van der Waals surface area contributed by atoms with E-state index >= 15 is 0 Å². The number of hydrogen-bond acceptors (Lipinski definition) is 1. The summed E-state index contributed by atoms with van der Waals surface area (Å²) < 4.78 is 27.0. The van der Waals surface area contributed by atoms with E-state index in [-0.39, 0.29) is 6.04 Å². The van der Waals surface area contributed by atoms with Crippen LogP contribution < -0.4 is 5.32 Å². The zero-order valence-electron chi connectivity index (χ0n) is 10.7. The maximum absolute atomic E-state index is 13.8.